The average molecular weight is 175 g/mol. The SMILES string of the molecule is NCc1[c]c(Cl)cc(Cl)c1. The van der Waals surface area contributed by atoms with Gasteiger partial charge < -0.3 is 5.73 Å². The van der Waals surface area contributed by atoms with Crippen LogP contribution in [0.2, 0.25) is 10.0 Å². The Kier molecular flexibility index (Phi) is 2.55. The van der Waals surface area contributed by atoms with Gasteiger partial charge in [0.25, 0.3) is 0 Å². The first-order chi connectivity index (χ1) is 4.72. The smallest absolute Gasteiger partial charge is 0.0503 e. The molecule has 1 aromatic carbocycles. The van der Waals surface area contributed by atoms with Crippen LogP contribution in [0.15, 0.2) is 12.1 Å². The van der Waals surface area contributed by atoms with E-state index in [4.69, 9.17) is 28.9 Å². The van der Waals surface area contributed by atoms with E-state index in [0.717, 1.165) is 5.56 Å². The minimum absolute atomic E-state index is 0.417. The summed E-state index contributed by atoms with van der Waals surface area (Å²) in [4.78, 5) is 0. The fourth-order valence-corrected chi connectivity index (χ4v) is 1.20. The molecule has 0 aliphatic heterocycles. The standard InChI is InChI=1S/C7H6Cl2N/c8-6-1-5(4-10)2-7(9)3-6/h1,3H,4,10H2. The molecule has 0 fully saturated rings. The Morgan fingerprint density at radius 3 is 2.60 bits per heavy atom. The summed E-state index contributed by atoms with van der Waals surface area (Å²) in [6, 6.07) is 6.22. The highest BCUT2D eigenvalue weighted by Crippen LogP contribution is 2.17. The summed E-state index contributed by atoms with van der Waals surface area (Å²) in [5, 5.41) is 1.11. The first-order valence-corrected chi connectivity index (χ1v) is 3.55. The minimum Gasteiger partial charge on any atom is -0.326 e. The topological polar surface area (TPSA) is 26.0 Å². The van der Waals surface area contributed by atoms with Gasteiger partial charge in [-0.2, -0.15) is 0 Å². The second kappa shape index (κ2) is 3.24. The van der Waals surface area contributed by atoms with Gasteiger partial charge in [-0.1, -0.05) is 23.2 Å². The molecule has 0 aliphatic rings. The van der Waals surface area contributed by atoms with E-state index in [1.807, 2.05) is 0 Å². The summed E-state index contributed by atoms with van der Waals surface area (Å²) < 4.78 is 0. The van der Waals surface area contributed by atoms with Crippen LogP contribution in [0, 0.1) is 6.07 Å². The van der Waals surface area contributed by atoms with Crippen molar-refractivity contribution in [1.82, 2.24) is 0 Å². The summed E-state index contributed by atoms with van der Waals surface area (Å²) >= 11 is 11.3. The molecule has 3 heteroatoms. The van der Waals surface area contributed by atoms with Gasteiger partial charge in [-0.3, -0.25) is 0 Å². The van der Waals surface area contributed by atoms with E-state index < -0.39 is 0 Å². The molecule has 0 saturated carbocycles. The monoisotopic (exact) mass is 174 g/mol. The summed E-state index contributed by atoms with van der Waals surface area (Å²) in [6.45, 7) is 0.417. The molecule has 0 atom stereocenters. The maximum absolute atomic E-state index is 5.67. The highest BCUT2D eigenvalue weighted by Gasteiger charge is 1.95. The number of hydrogen-bond donors (Lipinski definition) is 1. The van der Waals surface area contributed by atoms with Crippen LogP contribution in [0.4, 0.5) is 0 Å². The molecule has 1 aromatic rings. The van der Waals surface area contributed by atoms with Gasteiger partial charge in [0.05, 0.1) is 5.02 Å². The lowest BCUT2D eigenvalue weighted by molar-refractivity contribution is 1.07. The number of halogens is 2. The Bertz CT molecular complexity index is 215. The number of rotatable bonds is 1. The van der Waals surface area contributed by atoms with Gasteiger partial charge in [0.1, 0.15) is 0 Å². The molecule has 1 rings (SSSR count). The molecule has 0 aromatic heterocycles. The highest BCUT2D eigenvalue weighted by atomic mass is 35.5. The fourth-order valence-electron chi connectivity index (χ4n) is 0.665. The molecule has 1 radical (unpaired) electrons. The second-order valence-electron chi connectivity index (χ2n) is 1.88. The molecule has 0 amide bonds. The Morgan fingerprint density at radius 2 is 2.10 bits per heavy atom. The zero-order valence-corrected chi connectivity index (χ0v) is 6.71. The van der Waals surface area contributed by atoms with Crippen molar-refractivity contribution < 1.29 is 0 Å². The summed E-state index contributed by atoms with van der Waals surface area (Å²) in [5.74, 6) is 0. The maximum Gasteiger partial charge on any atom is 0.0503 e. The largest absolute Gasteiger partial charge is 0.326 e. The van der Waals surface area contributed by atoms with E-state index in [2.05, 4.69) is 6.07 Å². The van der Waals surface area contributed by atoms with Gasteiger partial charge >= 0.3 is 0 Å². The van der Waals surface area contributed by atoms with Crippen molar-refractivity contribution >= 4 is 23.2 Å². The third kappa shape index (κ3) is 1.87. The van der Waals surface area contributed by atoms with Crippen LogP contribution in [0.25, 0.3) is 0 Å². The van der Waals surface area contributed by atoms with Crippen LogP contribution in [-0.2, 0) is 6.54 Å². The van der Waals surface area contributed by atoms with Crippen LogP contribution >= 0.6 is 23.2 Å². The van der Waals surface area contributed by atoms with E-state index in [1.165, 1.54) is 0 Å². The Hall–Kier alpha value is -0.240. The highest BCUT2D eigenvalue weighted by molar-refractivity contribution is 6.34. The van der Waals surface area contributed by atoms with Crippen molar-refractivity contribution in [2.24, 2.45) is 5.73 Å². The van der Waals surface area contributed by atoms with Crippen LogP contribution in [0.1, 0.15) is 5.56 Å². The predicted octanol–water partition coefficient (Wildman–Crippen LogP) is 2.25. The van der Waals surface area contributed by atoms with Crippen LogP contribution < -0.4 is 5.73 Å². The van der Waals surface area contributed by atoms with Gasteiger partial charge in [0, 0.05) is 17.6 Å². The van der Waals surface area contributed by atoms with Gasteiger partial charge in [0.2, 0.25) is 0 Å². The number of benzene rings is 1. The third-order valence-electron chi connectivity index (χ3n) is 1.08. The molecular weight excluding hydrogens is 169 g/mol. The van der Waals surface area contributed by atoms with E-state index in [0.29, 0.717) is 16.6 Å². The third-order valence-corrected chi connectivity index (χ3v) is 1.50. The van der Waals surface area contributed by atoms with E-state index >= 15 is 0 Å². The summed E-state index contributed by atoms with van der Waals surface area (Å²) in [5.41, 5.74) is 6.17. The first kappa shape index (κ1) is 7.86. The quantitative estimate of drug-likeness (QED) is 0.695. The van der Waals surface area contributed by atoms with Crippen molar-refractivity contribution in [2.45, 2.75) is 6.54 Å². The molecule has 0 aliphatic carbocycles. The molecule has 1 nitrogen and oxygen atoms in total. The Morgan fingerprint density at radius 1 is 1.40 bits per heavy atom. The molecule has 0 heterocycles. The molecule has 0 unspecified atom stereocenters. The van der Waals surface area contributed by atoms with Gasteiger partial charge in [-0.05, 0) is 17.7 Å². The van der Waals surface area contributed by atoms with Crippen molar-refractivity contribution in [3.05, 3.63) is 33.8 Å². The lowest BCUT2D eigenvalue weighted by atomic mass is 10.2. The van der Waals surface area contributed by atoms with Crippen molar-refractivity contribution in [1.29, 1.82) is 0 Å². The molecule has 0 spiro atoms. The normalized spacial score (nSPS) is 9.90. The fraction of sp³-hybridized carbons (Fsp3) is 0.143. The molecule has 10 heavy (non-hydrogen) atoms. The molecule has 0 saturated heterocycles. The molecule has 0 bridgehead atoms. The zero-order chi connectivity index (χ0) is 7.56. The molecule has 53 valence electrons. The Labute approximate surface area is 69.7 Å². The number of hydrogen-bond acceptors (Lipinski definition) is 1. The van der Waals surface area contributed by atoms with Crippen LogP contribution in [0.5, 0.6) is 0 Å². The lowest BCUT2D eigenvalue weighted by Crippen LogP contribution is -1.95. The zero-order valence-electron chi connectivity index (χ0n) is 5.20. The van der Waals surface area contributed by atoms with Crippen LogP contribution in [-0.4, -0.2) is 0 Å². The van der Waals surface area contributed by atoms with Crippen LogP contribution in [0.3, 0.4) is 0 Å². The Balaban J connectivity index is 3.06. The van der Waals surface area contributed by atoms with Crippen molar-refractivity contribution in [3.63, 3.8) is 0 Å². The van der Waals surface area contributed by atoms with Crippen molar-refractivity contribution in [2.75, 3.05) is 0 Å². The van der Waals surface area contributed by atoms with Gasteiger partial charge in [-0.15, -0.1) is 0 Å². The average Bonchev–Trinajstić information content (AvgIpc) is 1.85. The minimum atomic E-state index is 0.417. The lowest BCUT2D eigenvalue weighted by Gasteiger charge is -1.96. The second-order valence-corrected chi connectivity index (χ2v) is 2.72. The van der Waals surface area contributed by atoms with E-state index in [9.17, 15) is 0 Å². The number of nitrogens with two attached hydrogens (primary N) is 1. The predicted molar refractivity (Wildman–Crippen MR) is 43.2 cm³/mol. The molecular formula is C7H6Cl2N. The maximum atomic E-state index is 5.67. The first-order valence-electron chi connectivity index (χ1n) is 2.79. The summed E-state index contributed by atoms with van der Waals surface area (Å²) in [6.07, 6.45) is 0. The van der Waals surface area contributed by atoms with Gasteiger partial charge in [-0.25, -0.2) is 0 Å². The van der Waals surface area contributed by atoms with E-state index in [1.54, 1.807) is 12.1 Å². The summed E-state index contributed by atoms with van der Waals surface area (Å²) in [7, 11) is 0. The molecule has 2 N–H and O–H groups in total. The van der Waals surface area contributed by atoms with Gasteiger partial charge in [0.15, 0.2) is 0 Å². The van der Waals surface area contributed by atoms with Crippen molar-refractivity contribution in [3.8, 4) is 0 Å². The van der Waals surface area contributed by atoms with E-state index in [-0.39, 0.29) is 0 Å².